The first-order chi connectivity index (χ1) is 12.1. The highest BCUT2D eigenvalue weighted by Crippen LogP contribution is 2.24. The van der Waals surface area contributed by atoms with Crippen LogP contribution in [-0.2, 0) is 0 Å². The number of benzene rings is 2. The van der Waals surface area contributed by atoms with Gasteiger partial charge in [-0.05, 0) is 37.3 Å². The zero-order valence-electron chi connectivity index (χ0n) is 13.9. The number of para-hydroxylation sites is 2. The van der Waals surface area contributed by atoms with Crippen LogP contribution in [0.1, 0.15) is 17.3 Å². The molecular formula is C19H17NO5. The lowest BCUT2D eigenvalue weighted by molar-refractivity contribution is 0.102. The van der Waals surface area contributed by atoms with Crippen LogP contribution in [0.15, 0.2) is 57.7 Å². The van der Waals surface area contributed by atoms with E-state index in [4.69, 9.17) is 13.9 Å². The summed E-state index contributed by atoms with van der Waals surface area (Å²) in [5, 5.41) is 3.30. The van der Waals surface area contributed by atoms with Crippen LogP contribution < -0.4 is 20.4 Å². The van der Waals surface area contributed by atoms with Gasteiger partial charge in [-0.3, -0.25) is 4.79 Å². The van der Waals surface area contributed by atoms with Crippen LogP contribution >= 0.6 is 0 Å². The number of fused-ring (bicyclic) bond motifs is 1. The SMILES string of the molecule is CCOc1ccc2cc(C(=O)Nc3ccccc3OC)c(=O)oc2c1. The molecule has 1 heterocycles. The van der Waals surface area contributed by atoms with Gasteiger partial charge in [0.1, 0.15) is 22.6 Å². The molecule has 0 spiro atoms. The van der Waals surface area contributed by atoms with E-state index in [2.05, 4.69) is 5.32 Å². The molecule has 0 aliphatic carbocycles. The topological polar surface area (TPSA) is 77.8 Å². The number of methoxy groups -OCH3 is 1. The molecule has 0 bridgehead atoms. The second-order valence-corrected chi connectivity index (χ2v) is 5.23. The average molecular weight is 339 g/mol. The highest BCUT2D eigenvalue weighted by atomic mass is 16.5. The molecule has 6 heteroatoms. The largest absolute Gasteiger partial charge is 0.495 e. The molecule has 0 aliphatic heterocycles. The minimum Gasteiger partial charge on any atom is -0.495 e. The van der Waals surface area contributed by atoms with Crippen LogP contribution in [-0.4, -0.2) is 19.6 Å². The standard InChI is InChI=1S/C19H17NO5/c1-3-24-13-9-8-12-10-14(19(22)25-17(12)11-13)18(21)20-15-6-4-5-7-16(15)23-2/h4-11H,3H2,1-2H3,(H,20,21). The zero-order valence-corrected chi connectivity index (χ0v) is 13.9. The Labute approximate surface area is 144 Å². The number of carbonyl (C=O) groups is 1. The van der Waals surface area contributed by atoms with Crippen LogP contribution in [0.3, 0.4) is 0 Å². The van der Waals surface area contributed by atoms with Crippen molar-refractivity contribution in [2.45, 2.75) is 6.92 Å². The van der Waals surface area contributed by atoms with Crippen molar-refractivity contribution < 1.29 is 18.7 Å². The normalized spacial score (nSPS) is 10.5. The molecule has 25 heavy (non-hydrogen) atoms. The van der Waals surface area contributed by atoms with E-state index in [0.717, 1.165) is 0 Å². The second-order valence-electron chi connectivity index (χ2n) is 5.23. The highest BCUT2D eigenvalue weighted by molar-refractivity contribution is 6.06. The van der Waals surface area contributed by atoms with Crippen molar-refractivity contribution in [3.63, 3.8) is 0 Å². The Bertz CT molecular complexity index is 977. The fourth-order valence-electron chi connectivity index (χ4n) is 2.44. The quantitative estimate of drug-likeness (QED) is 0.720. The Kier molecular flexibility index (Phi) is 4.70. The lowest BCUT2D eigenvalue weighted by Gasteiger charge is -2.09. The summed E-state index contributed by atoms with van der Waals surface area (Å²) in [6.45, 7) is 2.38. The minimum atomic E-state index is -0.714. The number of anilines is 1. The van der Waals surface area contributed by atoms with Crippen LogP contribution in [0, 0.1) is 0 Å². The molecule has 0 aliphatic rings. The molecule has 6 nitrogen and oxygen atoms in total. The number of hydrogen-bond acceptors (Lipinski definition) is 5. The van der Waals surface area contributed by atoms with Gasteiger partial charge < -0.3 is 19.2 Å². The molecule has 2 aromatic carbocycles. The fourth-order valence-corrected chi connectivity index (χ4v) is 2.44. The van der Waals surface area contributed by atoms with Gasteiger partial charge in [-0.15, -0.1) is 0 Å². The maximum atomic E-state index is 12.5. The van der Waals surface area contributed by atoms with Crippen LogP contribution in [0.5, 0.6) is 11.5 Å². The molecule has 0 atom stereocenters. The molecule has 3 aromatic rings. The van der Waals surface area contributed by atoms with Gasteiger partial charge in [-0.2, -0.15) is 0 Å². The van der Waals surface area contributed by atoms with E-state index < -0.39 is 11.5 Å². The fraction of sp³-hybridized carbons (Fsp3) is 0.158. The number of amides is 1. The Morgan fingerprint density at radius 3 is 2.72 bits per heavy atom. The molecule has 0 saturated heterocycles. The Balaban J connectivity index is 1.95. The summed E-state index contributed by atoms with van der Waals surface area (Å²) in [4.78, 5) is 24.7. The molecule has 0 saturated carbocycles. The first-order valence-electron chi connectivity index (χ1n) is 7.77. The summed E-state index contributed by atoms with van der Waals surface area (Å²) in [5.74, 6) is 0.542. The van der Waals surface area contributed by atoms with Crippen molar-refractivity contribution >= 4 is 22.6 Å². The Hall–Kier alpha value is -3.28. The summed E-state index contributed by atoms with van der Waals surface area (Å²) in [6.07, 6.45) is 0. The number of ether oxygens (including phenoxy) is 2. The third kappa shape index (κ3) is 3.47. The van der Waals surface area contributed by atoms with Gasteiger partial charge in [-0.1, -0.05) is 12.1 Å². The molecule has 0 unspecified atom stereocenters. The summed E-state index contributed by atoms with van der Waals surface area (Å²) in [6, 6.07) is 13.6. The van der Waals surface area contributed by atoms with Gasteiger partial charge in [0.2, 0.25) is 0 Å². The third-order valence-corrected chi connectivity index (χ3v) is 3.62. The summed E-state index contributed by atoms with van der Waals surface area (Å²) in [5.41, 5.74) is 0.0436. The van der Waals surface area contributed by atoms with E-state index in [1.165, 1.54) is 13.2 Å². The van der Waals surface area contributed by atoms with E-state index in [9.17, 15) is 9.59 Å². The van der Waals surface area contributed by atoms with Gasteiger partial charge in [0.05, 0.1) is 19.4 Å². The lowest BCUT2D eigenvalue weighted by Crippen LogP contribution is -2.20. The molecule has 128 valence electrons. The van der Waals surface area contributed by atoms with E-state index in [-0.39, 0.29) is 5.56 Å². The van der Waals surface area contributed by atoms with Crippen molar-refractivity contribution in [1.29, 1.82) is 0 Å². The van der Waals surface area contributed by atoms with Crippen molar-refractivity contribution in [3.8, 4) is 11.5 Å². The van der Waals surface area contributed by atoms with Crippen LogP contribution in [0.2, 0.25) is 0 Å². The maximum absolute atomic E-state index is 12.5. The summed E-state index contributed by atoms with van der Waals surface area (Å²) < 4.78 is 15.8. The Morgan fingerprint density at radius 1 is 1.16 bits per heavy atom. The van der Waals surface area contributed by atoms with Gasteiger partial charge >= 0.3 is 5.63 Å². The number of nitrogens with one attached hydrogen (secondary N) is 1. The predicted octanol–water partition coefficient (Wildman–Crippen LogP) is 3.45. The molecule has 1 aromatic heterocycles. The number of hydrogen-bond donors (Lipinski definition) is 1. The van der Waals surface area contributed by atoms with Gasteiger partial charge in [-0.25, -0.2) is 4.79 Å². The Morgan fingerprint density at radius 2 is 1.96 bits per heavy atom. The van der Waals surface area contributed by atoms with E-state index in [0.29, 0.717) is 34.8 Å². The summed E-state index contributed by atoms with van der Waals surface area (Å²) >= 11 is 0. The minimum absolute atomic E-state index is 0.0810. The predicted molar refractivity (Wildman–Crippen MR) is 94.6 cm³/mol. The maximum Gasteiger partial charge on any atom is 0.349 e. The summed E-state index contributed by atoms with van der Waals surface area (Å²) in [7, 11) is 1.51. The third-order valence-electron chi connectivity index (χ3n) is 3.62. The van der Waals surface area contributed by atoms with Gasteiger partial charge in [0.25, 0.3) is 5.91 Å². The monoisotopic (exact) mass is 339 g/mol. The van der Waals surface area contributed by atoms with Gasteiger partial charge in [0, 0.05) is 11.5 Å². The number of carbonyl (C=O) groups excluding carboxylic acids is 1. The molecule has 0 fully saturated rings. The molecular weight excluding hydrogens is 322 g/mol. The molecule has 3 rings (SSSR count). The van der Waals surface area contributed by atoms with E-state index >= 15 is 0 Å². The average Bonchev–Trinajstić information content (AvgIpc) is 2.61. The van der Waals surface area contributed by atoms with Crippen molar-refractivity contribution in [2.75, 3.05) is 19.0 Å². The van der Waals surface area contributed by atoms with Gasteiger partial charge in [0.15, 0.2) is 0 Å². The van der Waals surface area contributed by atoms with Crippen molar-refractivity contribution in [3.05, 3.63) is 64.5 Å². The highest BCUT2D eigenvalue weighted by Gasteiger charge is 2.16. The molecule has 1 N–H and O–H groups in total. The second kappa shape index (κ2) is 7.09. The van der Waals surface area contributed by atoms with E-state index in [1.807, 2.05) is 6.92 Å². The van der Waals surface area contributed by atoms with Crippen LogP contribution in [0.4, 0.5) is 5.69 Å². The zero-order chi connectivity index (χ0) is 17.8. The van der Waals surface area contributed by atoms with Crippen LogP contribution in [0.25, 0.3) is 11.0 Å². The van der Waals surface area contributed by atoms with Crippen molar-refractivity contribution in [2.24, 2.45) is 0 Å². The molecule has 1 amide bonds. The lowest BCUT2D eigenvalue weighted by atomic mass is 10.1. The van der Waals surface area contributed by atoms with E-state index in [1.54, 1.807) is 42.5 Å². The number of rotatable bonds is 5. The smallest absolute Gasteiger partial charge is 0.349 e. The first-order valence-corrected chi connectivity index (χ1v) is 7.77. The van der Waals surface area contributed by atoms with Crippen molar-refractivity contribution in [1.82, 2.24) is 0 Å². The first kappa shape index (κ1) is 16.6. The molecule has 0 radical (unpaired) electrons.